The number of amides is 2. The van der Waals surface area contributed by atoms with Crippen molar-refractivity contribution in [1.82, 2.24) is 25.3 Å². The van der Waals surface area contributed by atoms with E-state index in [1.54, 1.807) is 78.9 Å². The highest BCUT2D eigenvalue weighted by Gasteiger charge is 2.18. The SMILES string of the molecule is CC(=O)Oc1ccc2c(c1)oc(=O)c1cc(C(=O)NCCN3CCCCC3)ccc12.CC(=O)Oc1ccc2c(c1)oc(=O)c1cc(C(=O)O)ccc12.NCCN1CCCCC1.O=C(NCCN1CCCCC1)c1ccc2c(c1)c(=O)oc1cc(O)ccc12. The number of carbonyl (C=O) groups is 5. The standard InChI is InChI=1S/C23H24N2O5.C21H22N2O4.C16H10O6.C7H16N2/c1-15(26)29-17-6-8-19-18-7-5-16(13-20(18)23(28)30-21(19)14-17)22(27)24-9-12-25-10-3-2-4-11-25;24-15-5-7-17-16-6-4-14(12-18(16)21(26)27-19(17)13-15)20(25)22-8-11-23-9-2-1-3-10-23;1-8(17)21-10-3-5-12-11-4-2-9(15(18)19)6-13(11)16(20)22-14(12)7-10;8-4-7-9-5-2-1-3-6-9/h5-8,13-14H,2-4,9-12H2,1H3,(H,24,27);4-7,12-13,24H,1-3,8-11H2,(H,22,25);2-7H,1H3,(H,18,19);1-8H2. The Hall–Kier alpha value is -9.28. The molecule has 9 aromatic rings. The minimum atomic E-state index is -1.12. The monoisotopic (exact) mass is 1200 g/mol. The summed E-state index contributed by atoms with van der Waals surface area (Å²) >= 11 is 0. The van der Waals surface area contributed by atoms with Crippen molar-refractivity contribution in [1.29, 1.82) is 0 Å². The fraction of sp³-hybridized carbons (Fsp3) is 0.343. The van der Waals surface area contributed by atoms with E-state index in [0.717, 1.165) is 57.7 Å². The summed E-state index contributed by atoms with van der Waals surface area (Å²) < 4.78 is 25.9. The molecule has 3 aromatic heterocycles. The molecule has 0 unspecified atom stereocenters. The predicted molar refractivity (Wildman–Crippen MR) is 336 cm³/mol. The zero-order valence-electron chi connectivity index (χ0n) is 49.4. The molecule has 3 fully saturated rings. The number of piperidine rings is 3. The lowest BCUT2D eigenvalue weighted by molar-refractivity contribution is -0.132. The third-order valence-electron chi connectivity index (χ3n) is 15.6. The van der Waals surface area contributed by atoms with Crippen LogP contribution >= 0.6 is 0 Å². The maximum Gasteiger partial charge on any atom is 0.344 e. The topological polar surface area (TPSA) is 295 Å². The molecule has 0 atom stereocenters. The van der Waals surface area contributed by atoms with Crippen LogP contribution in [0.5, 0.6) is 17.2 Å². The highest BCUT2D eigenvalue weighted by atomic mass is 16.5. The number of carbonyl (C=O) groups excluding carboxylic acids is 4. The van der Waals surface area contributed by atoms with Crippen molar-refractivity contribution in [2.24, 2.45) is 5.73 Å². The number of rotatable bonds is 13. The molecule has 3 saturated heterocycles. The predicted octanol–water partition coefficient (Wildman–Crippen LogP) is 8.96. The van der Waals surface area contributed by atoms with Crippen molar-refractivity contribution < 1.29 is 56.9 Å². The van der Waals surface area contributed by atoms with Gasteiger partial charge in [0.05, 0.1) is 21.7 Å². The average Bonchev–Trinajstić information content (AvgIpc) is 1.05. The van der Waals surface area contributed by atoms with Crippen LogP contribution in [0.1, 0.15) is 103 Å². The van der Waals surface area contributed by atoms with Gasteiger partial charge in [0.15, 0.2) is 0 Å². The smallest absolute Gasteiger partial charge is 0.344 e. The second-order valence-corrected chi connectivity index (χ2v) is 21.9. The number of fused-ring (bicyclic) bond motifs is 9. The number of phenols is 1. The normalized spacial score (nSPS) is 14.7. The summed E-state index contributed by atoms with van der Waals surface area (Å²) in [5.41, 5.74) is 5.49. The number of hydrogen-bond donors (Lipinski definition) is 5. The van der Waals surface area contributed by atoms with Crippen molar-refractivity contribution in [3.8, 4) is 17.2 Å². The molecule has 21 nitrogen and oxygen atoms in total. The van der Waals surface area contributed by atoms with Crippen LogP contribution in [-0.4, -0.2) is 133 Å². The van der Waals surface area contributed by atoms with E-state index in [1.807, 2.05) is 0 Å². The van der Waals surface area contributed by atoms with Crippen molar-refractivity contribution >= 4 is 94.9 Å². The number of phenolic OH excluding ortho intramolecular Hbond substituents is 1. The summed E-state index contributed by atoms with van der Waals surface area (Å²) in [6, 6.07) is 28.6. The molecule has 12 rings (SSSR count). The Morgan fingerprint density at radius 2 is 0.784 bits per heavy atom. The van der Waals surface area contributed by atoms with Crippen LogP contribution in [0, 0.1) is 0 Å². The summed E-state index contributed by atoms with van der Waals surface area (Å²) in [7, 11) is 0. The number of nitrogens with two attached hydrogens (primary N) is 1. The first-order chi connectivity index (χ1) is 42.5. The number of nitrogens with zero attached hydrogens (tertiary/aromatic N) is 3. The van der Waals surface area contributed by atoms with Crippen LogP contribution in [-0.2, 0) is 9.59 Å². The summed E-state index contributed by atoms with van der Waals surface area (Å²) in [4.78, 5) is 102. The van der Waals surface area contributed by atoms with Crippen LogP contribution < -0.4 is 42.7 Å². The zero-order chi connectivity index (χ0) is 62.3. The Morgan fingerprint density at radius 1 is 0.443 bits per heavy atom. The summed E-state index contributed by atoms with van der Waals surface area (Å²) in [5.74, 6) is -1.84. The third kappa shape index (κ3) is 16.4. The molecule has 3 aliphatic rings. The van der Waals surface area contributed by atoms with Gasteiger partial charge in [0.2, 0.25) is 0 Å². The van der Waals surface area contributed by atoms with Gasteiger partial charge < -0.3 is 64.0 Å². The summed E-state index contributed by atoms with van der Waals surface area (Å²) in [5, 5.41) is 29.3. The van der Waals surface area contributed by atoms with Crippen molar-refractivity contribution in [3.05, 3.63) is 157 Å². The first-order valence-corrected chi connectivity index (χ1v) is 29.8. The molecule has 88 heavy (non-hydrogen) atoms. The van der Waals surface area contributed by atoms with E-state index in [1.165, 1.54) is 115 Å². The van der Waals surface area contributed by atoms with Gasteiger partial charge in [-0.1, -0.05) is 37.5 Å². The molecule has 0 radical (unpaired) electrons. The Labute approximate surface area is 505 Å². The van der Waals surface area contributed by atoms with Crippen LogP contribution in [0.25, 0.3) is 65.2 Å². The van der Waals surface area contributed by atoms with Crippen LogP contribution in [0.15, 0.2) is 137 Å². The number of hydrogen-bond acceptors (Lipinski definition) is 18. The maximum atomic E-state index is 12.5. The first-order valence-electron chi connectivity index (χ1n) is 29.8. The quantitative estimate of drug-likeness (QED) is 0.0311. The van der Waals surface area contributed by atoms with Crippen molar-refractivity contribution in [2.75, 3.05) is 78.5 Å². The Kier molecular flexibility index (Phi) is 21.5. The molecule has 2 amide bonds. The lowest BCUT2D eigenvalue weighted by Gasteiger charge is -2.26. The van der Waals surface area contributed by atoms with Gasteiger partial charge in [-0.25, -0.2) is 19.2 Å². The average molecular weight is 1200 g/mol. The molecular formula is C67H72N6O15. The number of aromatic carboxylic acids is 1. The fourth-order valence-electron chi connectivity index (χ4n) is 11.2. The Morgan fingerprint density at radius 3 is 1.16 bits per heavy atom. The van der Waals surface area contributed by atoms with Gasteiger partial charge in [0.25, 0.3) is 11.8 Å². The second-order valence-electron chi connectivity index (χ2n) is 21.9. The number of nitrogens with one attached hydrogen (secondary N) is 2. The summed E-state index contributed by atoms with van der Waals surface area (Å²) in [6.45, 7) is 14.2. The lowest BCUT2D eigenvalue weighted by atomic mass is 10.0. The lowest BCUT2D eigenvalue weighted by Crippen LogP contribution is -2.37. The van der Waals surface area contributed by atoms with E-state index >= 15 is 0 Å². The Bertz CT molecular complexity index is 4210. The summed E-state index contributed by atoms with van der Waals surface area (Å²) in [6.07, 6.45) is 11.6. The molecule has 460 valence electrons. The molecule has 6 heterocycles. The van der Waals surface area contributed by atoms with Gasteiger partial charge in [0.1, 0.15) is 34.0 Å². The van der Waals surface area contributed by atoms with E-state index in [4.69, 9.17) is 33.6 Å². The van der Waals surface area contributed by atoms with Gasteiger partial charge in [0, 0.05) is 98.6 Å². The number of aromatic hydroxyl groups is 1. The minimum Gasteiger partial charge on any atom is -0.508 e. The third-order valence-corrected chi connectivity index (χ3v) is 15.6. The van der Waals surface area contributed by atoms with E-state index in [2.05, 4.69) is 25.3 Å². The van der Waals surface area contributed by atoms with Crippen LogP contribution in [0.4, 0.5) is 0 Å². The molecule has 21 heteroatoms. The molecule has 6 N–H and O–H groups in total. The number of esters is 2. The second kappa shape index (κ2) is 29.9. The van der Waals surface area contributed by atoms with Crippen LogP contribution in [0.2, 0.25) is 0 Å². The molecule has 3 aliphatic heterocycles. The molecule has 0 spiro atoms. The van der Waals surface area contributed by atoms with Gasteiger partial charge in [-0.3, -0.25) is 19.2 Å². The van der Waals surface area contributed by atoms with E-state index in [-0.39, 0.29) is 39.8 Å². The van der Waals surface area contributed by atoms with Gasteiger partial charge in [-0.2, -0.15) is 0 Å². The van der Waals surface area contributed by atoms with Gasteiger partial charge >= 0.3 is 34.8 Å². The molecular weight excluding hydrogens is 1130 g/mol. The number of ether oxygens (including phenoxy) is 2. The van der Waals surface area contributed by atoms with E-state index in [0.29, 0.717) is 78.8 Å². The van der Waals surface area contributed by atoms with Crippen molar-refractivity contribution in [3.63, 3.8) is 0 Å². The van der Waals surface area contributed by atoms with E-state index in [9.17, 15) is 43.5 Å². The fourth-order valence-corrected chi connectivity index (χ4v) is 11.2. The van der Waals surface area contributed by atoms with Gasteiger partial charge in [-0.15, -0.1) is 0 Å². The Balaban J connectivity index is 0.000000148. The number of carboxylic acid groups (broad SMARTS) is 1. The zero-order valence-corrected chi connectivity index (χ0v) is 49.4. The minimum absolute atomic E-state index is 0.00989. The first kappa shape index (κ1) is 63.2. The molecule has 0 saturated carbocycles. The maximum absolute atomic E-state index is 12.5. The molecule has 0 aliphatic carbocycles. The number of likely N-dealkylation sites (tertiary alicyclic amines) is 3. The van der Waals surface area contributed by atoms with Crippen LogP contribution in [0.3, 0.4) is 0 Å². The highest BCUT2D eigenvalue weighted by Crippen LogP contribution is 2.30. The highest BCUT2D eigenvalue weighted by molar-refractivity contribution is 6.09. The number of carboxylic acids is 1. The molecule has 6 aromatic carbocycles. The van der Waals surface area contributed by atoms with E-state index < -0.39 is 34.8 Å². The number of benzene rings is 6. The van der Waals surface area contributed by atoms with Gasteiger partial charge in [-0.05, 0) is 167 Å². The largest absolute Gasteiger partial charge is 0.508 e. The van der Waals surface area contributed by atoms with Crippen molar-refractivity contribution in [2.45, 2.75) is 71.6 Å². The molecule has 0 bridgehead atoms.